The number of ether oxygens (including phenoxy) is 4. The number of nitrogens with zero attached hydrogens (tertiary/aromatic N) is 1. The summed E-state index contributed by atoms with van der Waals surface area (Å²) in [4.78, 5) is 38.9. The second-order valence-corrected chi connectivity index (χ2v) is 7.48. The highest BCUT2D eigenvalue weighted by atomic mass is 79.9. The zero-order valence-electron chi connectivity index (χ0n) is 16.8. The molecule has 0 aliphatic carbocycles. The maximum Gasteiger partial charge on any atom is 0.335 e. The number of anilines is 1. The van der Waals surface area contributed by atoms with Crippen molar-refractivity contribution in [1.82, 2.24) is 5.32 Å². The lowest BCUT2D eigenvalue weighted by Gasteiger charge is -2.26. The first kappa shape index (κ1) is 21.4. The Kier molecular flexibility index (Phi) is 5.87. The molecule has 0 bridgehead atoms. The Hall–Kier alpha value is -3.79. The van der Waals surface area contributed by atoms with Gasteiger partial charge in [-0.3, -0.25) is 14.9 Å². The monoisotopic (exact) mass is 500 g/mol. The molecule has 0 radical (unpaired) electrons. The number of carbonyl (C=O) groups excluding carboxylic acids is 3. The highest BCUT2D eigenvalue weighted by Crippen LogP contribution is 2.38. The van der Waals surface area contributed by atoms with Gasteiger partial charge in [0.2, 0.25) is 6.79 Å². The number of hydrogen-bond acceptors (Lipinski definition) is 7. The zero-order chi connectivity index (χ0) is 22.8. The van der Waals surface area contributed by atoms with E-state index in [0.717, 1.165) is 4.90 Å². The van der Waals surface area contributed by atoms with Gasteiger partial charge in [0.05, 0.1) is 17.3 Å². The fourth-order valence-corrected chi connectivity index (χ4v) is 3.76. The van der Waals surface area contributed by atoms with Crippen molar-refractivity contribution < 1.29 is 33.3 Å². The largest absolute Gasteiger partial charge is 0.493 e. The van der Waals surface area contributed by atoms with Gasteiger partial charge in [-0.2, -0.15) is 0 Å². The smallest absolute Gasteiger partial charge is 0.335 e. The molecule has 2 heterocycles. The number of hydrogen-bond donors (Lipinski definition) is 1. The van der Waals surface area contributed by atoms with E-state index < -0.39 is 17.8 Å². The third kappa shape index (κ3) is 3.92. The van der Waals surface area contributed by atoms with Crippen LogP contribution in [0.4, 0.5) is 10.5 Å². The van der Waals surface area contributed by atoms with Crippen molar-refractivity contribution in [3.63, 3.8) is 0 Å². The number of imide groups is 2. The van der Waals surface area contributed by atoms with Crippen LogP contribution in [0.25, 0.3) is 6.08 Å². The predicted molar refractivity (Wildman–Crippen MR) is 118 cm³/mol. The van der Waals surface area contributed by atoms with E-state index in [0.29, 0.717) is 33.0 Å². The average molecular weight is 501 g/mol. The van der Waals surface area contributed by atoms with Crippen LogP contribution in [0.15, 0.2) is 53.0 Å². The first-order valence-corrected chi connectivity index (χ1v) is 10.1. The van der Waals surface area contributed by atoms with Crippen LogP contribution in [0.2, 0.25) is 0 Å². The van der Waals surface area contributed by atoms with Crippen molar-refractivity contribution in [1.29, 1.82) is 0 Å². The van der Waals surface area contributed by atoms with Crippen LogP contribution in [0.1, 0.15) is 5.56 Å². The standard InChI is InChI=1S/C22H17BrN2O7/c1-3-6-30-19-15(23)8-12(9-18(19)29-2)7-14-20(26)24-22(28)25(21(14)27)13-4-5-16-17(10-13)32-11-31-16/h3-5,7-10H,1,6,11H2,2H3,(H,24,26,28)/b14-7+. The molecule has 0 unspecified atom stereocenters. The molecule has 2 aromatic carbocycles. The predicted octanol–water partition coefficient (Wildman–Crippen LogP) is 3.42. The maximum absolute atomic E-state index is 13.1. The molecule has 2 aliphatic rings. The molecule has 0 spiro atoms. The van der Waals surface area contributed by atoms with Gasteiger partial charge in [-0.15, -0.1) is 0 Å². The number of benzene rings is 2. The number of halogens is 1. The average Bonchev–Trinajstić information content (AvgIpc) is 3.23. The fraction of sp³-hybridized carbons (Fsp3) is 0.136. The van der Waals surface area contributed by atoms with Crippen molar-refractivity contribution in [3.05, 3.63) is 58.6 Å². The van der Waals surface area contributed by atoms with Gasteiger partial charge in [-0.25, -0.2) is 9.69 Å². The fourth-order valence-electron chi connectivity index (χ4n) is 3.19. The minimum Gasteiger partial charge on any atom is -0.493 e. The molecular formula is C22H17BrN2O7. The molecule has 0 saturated carbocycles. The van der Waals surface area contributed by atoms with Crippen molar-refractivity contribution in [2.24, 2.45) is 0 Å². The highest BCUT2D eigenvalue weighted by molar-refractivity contribution is 9.10. The second kappa shape index (κ2) is 8.75. The van der Waals surface area contributed by atoms with Crippen molar-refractivity contribution in [2.45, 2.75) is 0 Å². The summed E-state index contributed by atoms with van der Waals surface area (Å²) in [6, 6.07) is 7.03. The molecule has 4 amide bonds. The molecule has 0 aromatic heterocycles. The Labute approximate surface area is 191 Å². The summed E-state index contributed by atoms with van der Waals surface area (Å²) in [7, 11) is 1.47. The van der Waals surface area contributed by atoms with Crippen LogP contribution in [0.5, 0.6) is 23.0 Å². The summed E-state index contributed by atoms with van der Waals surface area (Å²) >= 11 is 3.41. The van der Waals surface area contributed by atoms with E-state index in [1.165, 1.54) is 25.3 Å². The number of barbiturate groups is 1. The van der Waals surface area contributed by atoms with E-state index in [9.17, 15) is 14.4 Å². The van der Waals surface area contributed by atoms with Crippen LogP contribution < -0.4 is 29.2 Å². The SMILES string of the molecule is C=CCOc1c(Br)cc(/C=C2\C(=O)NC(=O)N(c3ccc4c(c3)OCO4)C2=O)cc1OC. The molecule has 2 aliphatic heterocycles. The molecule has 4 rings (SSSR count). The van der Waals surface area contributed by atoms with E-state index in [1.54, 1.807) is 24.3 Å². The first-order valence-electron chi connectivity index (χ1n) is 9.35. The quantitative estimate of drug-likeness (QED) is 0.368. The molecule has 1 fully saturated rings. The number of rotatable bonds is 6. The van der Waals surface area contributed by atoms with E-state index in [4.69, 9.17) is 18.9 Å². The number of carbonyl (C=O) groups is 3. The first-order chi connectivity index (χ1) is 15.4. The van der Waals surface area contributed by atoms with E-state index >= 15 is 0 Å². The lowest BCUT2D eigenvalue weighted by atomic mass is 10.1. The van der Waals surface area contributed by atoms with Gasteiger partial charge >= 0.3 is 6.03 Å². The van der Waals surface area contributed by atoms with Crippen molar-refractivity contribution in [2.75, 3.05) is 25.4 Å². The number of methoxy groups -OCH3 is 1. The summed E-state index contributed by atoms with van der Waals surface area (Å²) in [6.07, 6.45) is 2.96. The molecule has 10 heteroatoms. The molecule has 1 N–H and O–H groups in total. The minimum atomic E-state index is -0.858. The maximum atomic E-state index is 13.1. The van der Waals surface area contributed by atoms with Gasteiger partial charge in [-0.05, 0) is 51.8 Å². The van der Waals surface area contributed by atoms with Crippen molar-refractivity contribution >= 4 is 45.5 Å². The summed E-state index contributed by atoms with van der Waals surface area (Å²) in [5, 5.41) is 2.19. The normalized spacial score (nSPS) is 16.2. The lowest BCUT2D eigenvalue weighted by Crippen LogP contribution is -2.54. The van der Waals surface area contributed by atoms with Gasteiger partial charge in [0.1, 0.15) is 12.2 Å². The van der Waals surface area contributed by atoms with Gasteiger partial charge in [0.15, 0.2) is 23.0 Å². The third-order valence-electron chi connectivity index (χ3n) is 4.62. The Morgan fingerprint density at radius 3 is 2.72 bits per heavy atom. The number of fused-ring (bicyclic) bond motifs is 1. The van der Waals surface area contributed by atoms with Gasteiger partial charge < -0.3 is 18.9 Å². The second-order valence-electron chi connectivity index (χ2n) is 6.63. The molecule has 32 heavy (non-hydrogen) atoms. The van der Waals surface area contributed by atoms with E-state index in [2.05, 4.69) is 27.8 Å². The Balaban J connectivity index is 1.70. The molecule has 1 saturated heterocycles. The van der Waals surface area contributed by atoms with Crippen LogP contribution in [0, 0.1) is 0 Å². The Morgan fingerprint density at radius 1 is 1.19 bits per heavy atom. The van der Waals surface area contributed by atoms with Crippen LogP contribution in [0.3, 0.4) is 0 Å². The lowest BCUT2D eigenvalue weighted by molar-refractivity contribution is -0.122. The third-order valence-corrected chi connectivity index (χ3v) is 5.21. The number of amides is 4. The summed E-state index contributed by atoms with van der Waals surface area (Å²) in [6.45, 7) is 3.92. The topological polar surface area (TPSA) is 103 Å². The van der Waals surface area contributed by atoms with Gasteiger partial charge in [-0.1, -0.05) is 12.7 Å². The van der Waals surface area contributed by atoms with Crippen LogP contribution in [-0.2, 0) is 9.59 Å². The molecular weight excluding hydrogens is 484 g/mol. The molecule has 9 nitrogen and oxygen atoms in total. The Bertz CT molecular complexity index is 1180. The van der Waals surface area contributed by atoms with Crippen LogP contribution in [-0.4, -0.2) is 38.4 Å². The molecule has 0 atom stereocenters. The van der Waals surface area contributed by atoms with Gasteiger partial charge in [0.25, 0.3) is 11.8 Å². The molecule has 2 aromatic rings. The number of urea groups is 1. The Morgan fingerprint density at radius 2 is 1.97 bits per heavy atom. The molecule has 164 valence electrons. The van der Waals surface area contributed by atoms with Crippen LogP contribution >= 0.6 is 15.9 Å². The van der Waals surface area contributed by atoms with Gasteiger partial charge in [0, 0.05) is 6.07 Å². The van der Waals surface area contributed by atoms with E-state index in [1.807, 2.05) is 0 Å². The van der Waals surface area contributed by atoms with E-state index in [-0.39, 0.29) is 24.7 Å². The summed E-state index contributed by atoms with van der Waals surface area (Å²) in [5.74, 6) is 0.154. The number of nitrogens with one attached hydrogen (secondary N) is 1. The summed E-state index contributed by atoms with van der Waals surface area (Å²) < 4.78 is 22.1. The van der Waals surface area contributed by atoms with Crippen molar-refractivity contribution in [3.8, 4) is 23.0 Å². The highest BCUT2D eigenvalue weighted by Gasteiger charge is 2.37. The minimum absolute atomic E-state index is 0.0474. The summed E-state index contributed by atoms with van der Waals surface area (Å²) in [5.41, 5.74) is 0.497. The zero-order valence-corrected chi connectivity index (χ0v) is 18.4.